The van der Waals surface area contributed by atoms with Gasteiger partial charge in [0.1, 0.15) is 11.6 Å². The molecule has 0 saturated carbocycles. The van der Waals surface area contributed by atoms with Gasteiger partial charge in [-0.3, -0.25) is 14.4 Å². The Labute approximate surface area is 255 Å². The molecule has 8 nitrogen and oxygen atoms in total. The van der Waals surface area contributed by atoms with Gasteiger partial charge in [0.2, 0.25) is 17.7 Å². The molecule has 3 rings (SSSR count). The van der Waals surface area contributed by atoms with Crippen molar-refractivity contribution >= 4 is 33.7 Å². The number of halogens is 1. The van der Waals surface area contributed by atoms with Gasteiger partial charge in [0.25, 0.3) is 0 Å². The Morgan fingerprint density at radius 3 is 2.34 bits per heavy atom. The fourth-order valence-electron chi connectivity index (χ4n) is 7.74. The van der Waals surface area contributed by atoms with E-state index in [1.807, 2.05) is 11.8 Å². The van der Waals surface area contributed by atoms with Crippen LogP contribution in [-0.2, 0) is 19.1 Å². The SMILES string of the molecule is C=CCN(CCC)C(=O)[C@H]1[C@H]2C(=O)N(CCCCCO)C(C(=O)N(CC=C)C(C)(C)CC(C)(C)C)C23CC(Br)[C@@H]1O3. The topological polar surface area (TPSA) is 90.4 Å². The minimum Gasteiger partial charge on any atom is -0.396 e. The first kappa shape index (κ1) is 33.8. The van der Waals surface area contributed by atoms with E-state index in [4.69, 9.17) is 4.74 Å². The second-order valence-electron chi connectivity index (χ2n) is 13.8. The fraction of sp³-hybridized carbons (Fsp3) is 0.781. The molecule has 2 bridgehead atoms. The Morgan fingerprint density at radius 1 is 1.12 bits per heavy atom. The Kier molecular flexibility index (Phi) is 11.0. The van der Waals surface area contributed by atoms with Gasteiger partial charge < -0.3 is 24.5 Å². The summed E-state index contributed by atoms with van der Waals surface area (Å²) in [7, 11) is 0. The number of aliphatic hydroxyl groups is 1. The highest BCUT2D eigenvalue weighted by Gasteiger charge is 2.77. The molecule has 3 aliphatic heterocycles. The molecule has 0 radical (unpaired) electrons. The van der Waals surface area contributed by atoms with Gasteiger partial charge in [-0.05, 0) is 57.8 Å². The molecular weight excluding hydrogens is 586 g/mol. The van der Waals surface area contributed by atoms with Crippen LogP contribution in [0.1, 0.15) is 80.1 Å². The lowest BCUT2D eigenvalue weighted by Gasteiger charge is -2.45. The third-order valence-electron chi connectivity index (χ3n) is 8.79. The van der Waals surface area contributed by atoms with Crippen molar-refractivity contribution in [3.63, 3.8) is 0 Å². The lowest BCUT2D eigenvalue weighted by Crippen LogP contribution is -2.61. The smallest absolute Gasteiger partial charge is 0.249 e. The van der Waals surface area contributed by atoms with Crippen LogP contribution < -0.4 is 0 Å². The zero-order valence-corrected chi connectivity index (χ0v) is 27.6. The van der Waals surface area contributed by atoms with E-state index in [-0.39, 0.29) is 34.6 Å². The number of carbonyl (C=O) groups excluding carboxylic acids is 3. The number of ether oxygens (including phenoxy) is 1. The van der Waals surface area contributed by atoms with Crippen molar-refractivity contribution in [2.75, 3.05) is 32.8 Å². The van der Waals surface area contributed by atoms with Crippen LogP contribution in [-0.4, -0.2) is 98.4 Å². The molecule has 1 spiro atoms. The first-order valence-electron chi connectivity index (χ1n) is 15.3. The molecule has 6 atom stereocenters. The monoisotopic (exact) mass is 637 g/mol. The molecule has 3 saturated heterocycles. The van der Waals surface area contributed by atoms with Crippen molar-refractivity contribution in [3.8, 4) is 0 Å². The Balaban J connectivity index is 2.09. The predicted molar refractivity (Wildman–Crippen MR) is 165 cm³/mol. The van der Waals surface area contributed by atoms with E-state index in [1.54, 1.807) is 22.0 Å². The van der Waals surface area contributed by atoms with Gasteiger partial charge in [-0.25, -0.2) is 0 Å². The molecular formula is C32H52BrN3O5. The van der Waals surface area contributed by atoms with Crippen LogP contribution in [0.5, 0.6) is 0 Å². The summed E-state index contributed by atoms with van der Waals surface area (Å²) in [6.07, 6.45) is 7.02. The van der Waals surface area contributed by atoms with E-state index in [2.05, 4.69) is 63.7 Å². The lowest BCUT2D eigenvalue weighted by molar-refractivity contribution is -0.153. The van der Waals surface area contributed by atoms with Crippen LogP contribution in [0.15, 0.2) is 25.3 Å². The molecule has 1 N–H and O–H groups in total. The van der Waals surface area contributed by atoms with E-state index in [0.29, 0.717) is 45.4 Å². The van der Waals surface area contributed by atoms with Crippen LogP contribution in [0.3, 0.4) is 0 Å². The second kappa shape index (κ2) is 13.3. The molecule has 0 aromatic rings. The first-order chi connectivity index (χ1) is 19.2. The van der Waals surface area contributed by atoms with E-state index in [9.17, 15) is 19.5 Å². The summed E-state index contributed by atoms with van der Waals surface area (Å²) in [5.41, 5.74) is -1.63. The molecule has 0 aromatic heterocycles. The first-order valence-corrected chi connectivity index (χ1v) is 16.2. The number of hydrogen-bond donors (Lipinski definition) is 1. The van der Waals surface area contributed by atoms with Gasteiger partial charge >= 0.3 is 0 Å². The third kappa shape index (κ3) is 6.62. The Morgan fingerprint density at radius 2 is 1.78 bits per heavy atom. The van der Waals surface area contributed by atoms with Crippen molar-refractivity contribution in [2.24, 2.45) is 17.3 Å². The summed E-state index contributed by atoms with van der Waals surface area (Å²) in [4.78, 5) is 48.4. The molecule has 0 aliphatic carbocycles. The maximum atomic E-state index is 14.8. The molecule has 3 aliphatic rings. The highest BCUT2D eigenvalue weighted by molar-refractivity contribution is 9.09. The second-order valence-corrected chi connectivity index (χ2v) is 15.0. The van der Waals surface area contributed by atoms with E-state index < -0.39 is 35.1 Å². The normalized spacial score (nSPS) is 29.0. The van der Waals surface area contributed by atoms with Gasteiger partial charge in [0.05, 0.1) is 17.9 Å². The third-order valence-corrected chi connectivity index (χ3v) is 9.64. The molecule has 41 heavy (non-hydrogen) atoms. The van der Waals surface area contributed by atoms with Crippen LogP contribution >= 0.6 is 15.9 Å². The largest absolute Gasteiger partial charge is 0.396 e. The van der Waals surface area contributed by atoms with Crippen molar-refractivity contribution in [2.45, 2.75) is 108 Å². The van der Waals surface area contributed by atoms with Crippen molar-refractivity contribution in [1.82, 2.24) is 14.7 Å². The summed E-state index contributed by atoms with van der Waals surface area (Å²) in [6.45, 7) is 22.2. The van der Waals surface area contributed by atoms with Crippen LogP contribution in [0.2, 0.25) is 0 Å². The summed E-state index contributed by atoms with van der Waals surface area (Å²) < 4.78 is 6.74. The lowest BCUT2D eigenvalue weighted by atomic mass is 9.70. The number of rotatable bonds is 15. The molecule has 232 valence electrons. The quantitative estimate of drug-likeness (QED) is 0.162. The average Bonchev–Trinajstić information content (AvgIpc) is 3.46. The van der Waals surface area contributed by atoms with Crippen molar-refractivity contribution in [1.29, 1.82) is 0 Å². The zero-order chi connectivity index (χ0) is 30.8. The minimum atomic E-state index is -1.09. The number of alkyl halides is 1. The number of hydrogen-bond acceptors (Lipinski definition) is 5. The molecule has 3 unspecified atom stereocenters. The number of aliphatic hydroxyl groups excluding tert-OH is 1. The van der Waals surface area contributed by atoms with Crippen molar-refractivity contribution < 1.29 is 24.2 Å². The number of fused-ring (bicyclic) bond motifs is 1. The summed E-state index contributed by atoms with van der Waals surface area (Å²) in [5.74, 6) is -1.82. The molecule has 9 heteroatoms. The van der Waals surface area contributed by atoms with Gasteiger partial charge in [0.15, 0.2) is 0 Å². The predicted octanol–water partition coefficient (Wildman–Crippen LogP) is 4.55. The maximum absolute atomic E-state index is 14.8. The summed E-state index contributed by atoms with van der Waals surface area (Å²) in [6, 6.07) is -0.838. The van der Waals surface area contributed by atoms with E-state index >= 15 is 0 Å². The fourth-order valence-corrected chi connectivity index (χ4v) is 8.68. The number of amides is 3. The summed E-state index contributed by atoms with van der Waals surface area (Å²) >= 11 is 3.78. The number of nitrogens with zero attached hydrogens (tertiary/aromatic N) is 3. The van der Waals surface area contributed by atoms with Crippen molar-refractivity contribution in [3.05, 3.63) is 25.3 Å². The highest BCUT2D eigenvalue weighted by atomic mass is 79.9. The molecule has 3 fully saturated rings. The van der Waals surface area contributed by atoms with Gasteiger partial charge in [0, 0.05) is 43.2 Å². The highest BCUT2D eigenvalue weighted by Crippen LogP contribution is 2.60. The number of carbonyl (C=O) groups is 3. The van der Waals surface area contributed by atoms with Crippen LogP contribution in [0.4, 0.5) is 0 Å². The van der Waals surface area contributed by atoms with Crippen LogP contribution in [0.25, 0.3) is 0 Å². The zero-order valence-electron chi connectivity index (χ0n) is 26.0. The average molecular weight is 639 g/mol. The number of unbranched alkanes of at least 4 members (excludes halogenated alkanes) is 2. The Hall–Kier alpha value is -1.71. The van der Waals surface area contributed by atoms with E-state index in [1.165, 1.54) is 0 Å². The van der Waals surface area contributed by atoms with Gasteiger partial charge in [-0.15, -0.1) is 13.2 Å². The molecule has 0 aromatic carbocycles. The summed E-state index contributed by atoms with van der Waals surface area (Å²) in [5, 5.41) is 9.32. The number of likely N-dealkylation sites (tertiary alicyclic amines) is 1. The van der Waals surface area contributed by atoms with Crippen LogP contribution in [0, 0.1) is 17.3 Å². The Bertz CT molecular complexity index is 994. The molecule has 3 amide bonds. The van der Waals surface area contributed by atoms with Gasteiger partial charge in [-0.2, -0.15) is 0 Å². The minimum absolute atomic E-state index is 0.0336. The van der Waals surface area contributed by atoms with Gasteiger partial charge in [-0.1, -0.05) is 55.8 Å². The standard InChI is InChI=1S/C32H52BrN3O5/c1-9-15-34(16-10-2)27(38)23-24-28(39)35(18-13-12-14-19-37)26(32(24)20-22(33)25(23)41-32)29(40)36(17-11-3)31(7,8)21-30(4,5)6/h9,11,22-26,37H,1,3,10,12-21H2,2,4-8H3/t22?,23-,24-,25-,26?,32?/m0/s1. The van der Waals surface area contributed by atoms with E-state index in [0.717, 1.165) is 19.3 Å². The maximum Gasteiger partial charge on any atom is 0.249 e. The molecule has 3 heterocycles.